The molecule has 1 heterocycles. The van der Waals surface area contributed by atoms with Gasteiger partial charge in [-0.3, -0.25) is 0 Å². The minimum Gasteiger partial charge on any atom is -0.383 e. The number of nitrogens with two attached hydrogens (primary N) is 1. The van der Waals surface area contributed by atoms with E-state index in [2.05, 4.69) is 14.9 Å². The van der Waals surface area contributed by atoms with Crippen molar-refractivity contribution in [3.05, 3.63) is 17.5 Å². The molecule has 0 aliphatic heterocycles. The summed E-state index contributed by atoms with van der Waals surface area (Å²) in [6, 6.07) is 2.52. The average molecular weight is 236 g/mol. The monoisotopic (exact) mass is 236 g/mol. The van der Waals surface area contributed by atoms with Crippen LogP contribution in [0.15, 0.2) is 6.07 Å². The van der Waals surface area contributed by atoms with Gasteiger partial charge in [0.2, 0.25) is 5.95 Å². The van der Waals surface area contributed by atoms with Crippen molar-refractivity contribution in [1.29, 1.82) is 0 Å². The Balaban J connectivity index is 2.18. The van der Waals surface area contributed by atoms with Gasteiger partial charge in [-0.2, -0.15) is 0 Å². The fraction of sp³-hybridized carbons (Fsp3) is 0.667. The Morgan fingerprint density at radius 2 is 2.24 bits per heavy atom. The molecule has 0 unspecified atom stereocenters. The highest BCUT2D eigenvalue weighted by Gasteiger charge is 2.30. The summed E-state index contributed by atoms with van der Waals surface area (Å²) in [4.78, 5) is 11.2. The average Bonchev–Trinajstić information content (AvgIpc) is 3.13. The number of hydrogen-bond donors (Lipinski definition) is 1. The lowest BCUT2D eigenvalue weighted by molar-refractivity contribution is 0.204. The molecule has 1 aromatic heterocycles. The van der Waals surface area contributed by atoms with E-state index >= 15 is 0 Å². The maximum Gasteiger partial charge on any atom is 0.226 e. The first-order valence-corrected chi connectivity index (χ1v) is 6.05. The molecule has 0 amide bonds. The Hall–Kier alpha value is -1.20. The summed E-state index contributed by atoms with van der Waals surface area (Å²) < 4.78 is 5.14. The lowest BCUT2D eigenvalue weighted by Gasteiger charge is -2.22. The van der Waals surface area contributed by atoms with Gasteiger partial charge in [0, 0.05) is 31.9 Å². The molecule has 1 aromatic rings. The van der Waals surface area contributed by atoms with Gasteiger partial charge in [0.25, 0.3) is 0 Å². The fourth-order valence-electron chi connectivity index (χ4n) is 1.87. The first kappa shape index (κ1) is 12.3. The summed E-state index contributed by atoms with van der Waals surface area (Å²) in [6.07, 6.45) is 2.44. The van der Waals surface area contributed by atoms with Crippen molar-refractivity contribution in [3.8, 4) is 0 Å². The van der Waals surface area contributed by atoms with Crippen LogP contribution < -0.4 is 10.6 Å². The fourth-order valence-corrected chi connectivity index (χ4v) is 1.87. The van der Waals surface area contributed by atoms with Gasteiger partial charge < -0.3 is 15.4 Å². The maximum absolute atomic E-state index is 5.65. The second kappa shape index (κ2) is 5.42. The van der Waals surface area contributed by atoms with Crippen LogP contribution in [0.3, 0.4) is 0 Å². The highest BCUT2D eigenvalue weighted by atomic mass is 16.5. The lowest BCUT2D eigenvalue weighted by Crippen LogP contribution is -2.31. The van der Waals surface area contributed by atoms with Gasteiger partial charge in [-0.15, -0.1) is 0 Å². The van der Waals surface area contributed by atoms with Crippen LogP contribution in [0.4, 0.5) is 5.95 Å². The largest absolute Gasteiger partial charge is 0.383 e. The molecule has 94 valence electrons. The molecule has 2 N–H and O–H groups in total. The predicted molar refractivity (Wildman–Crippen MR) is 66.9 cm³/mol. The van der Waals surface area contributed by atoms with E-state index in [4.69, 9.17) is 10.5 Å². The number of hydrogen-bond acceptors (Lipinski definition) is 5. The molecule has 0 spiro atoms. The molecule has 0 saturated heterocycles. The standard InChI is InChI=1S/C12H20N4O/c1-9-7-10(8-13)15-12(14-9)16(5-6-17-2)11-3-4-11/h7,11H,3-6,8,13H2,1-2H3. The molecule has 17 heavy (non-hydrogen) atoms. The van der Waals surface area contributed by atoms with Crippen molar-refractivity contribution in [2.45, 2.75) is 32.4 Å². The lowest BCUT2D eigenvalue weighted by atomic mass is 10.3. The SMILES string of the molecule is COCCN(c1nc(C)cc(CN)n1)C1CC1. The summed E-state index contributed by atoms with van der Waals surface area (Å²) in [6.45, 7) is 3.98. The van der Waals surface area contributed by atoms with Crippen molar-refractivity contribution >= 4 is 5.95 Å². The van der Waals surface area contributed by atoms with E-state index in [-0.39, 0.29) is 0 Å². The summed E-state index contributed by atoms with van der Waals surface area (Å²) in [5.74, 6) is 0.796. The number of aromatic nitrogens is 2. The number of methoxy groups -OCH3 is 1. The van der Waals surface area contributed by atoms with Gasteiger partial charge >= 0.3 is 0 Å². The highest BCUT2D eigenvalue weighted by Crippen LogP contribution is 2.29. The van der Waals surface area contributed by atoms with E-state index in [0.717, 1.165) is 23.9 Å². The molecule has 0 radical (unpaired) electrons. The van der Waals surface area contributed by atoms with Crippen LogP contribution in [-0.4, -0.2) is 36.3 Å². The molecule has 0 aromatic carbocycles. The van der Waals surface area contributed by atoms with E-state index < -0.39 is 0 Å². The van der Waals surface area contributed by atoms with Gasteiger partial charge in [-0.05, 0) is 25.8 Å². The van der Waals surface area contributed by atoms with Crippen LogP contribution in [-0.2, 0) is 11.3 Å². The quantitative estimate of drug-likeness (QED) is 0.793. The van der Waals surface area contributed by atoms with E-state index in [1.54, 1.807) is 7.11 Å². The Bertz CT molecular complexity index is 379. The Morgan fingerprint density at radius 1 is 1.47 bits per heavy atom. The van der Waals surface area contributed by atoms with Crippen molar-refractivity contribution in [2.24, 2.45) is 5.73 Å². The zero-order valence-electron chi connectivity index (χ0n) is 10.5. The van der Waals surface area contributed by atoms with E-state index in [1.165, 1.54) is 12.8 Å². The third-order valence-electron chi connectivity index (χ3n) is 2.89. The van der Waals surface area contributed by atoms with Crippen molar-refractivity contribution in [1.82, 2.24) is 9.97 Å². The predicted octanol–water partition coefficient (Wildman–Crippen LogP) is 0.859. The number of rotatable bonds is 6. The van der Waals surface area contributed by atoms with Crippen molar-refractivity contribution < 1.29 is 4.74 Å². The molecule has 1 aliphatic rings. The van der Waals surface area contributed by atoms with Crippen molar-refractivity contribution in [2.75, 3.05) is 25.2 Å². The first-order valence-electron chi connectivity index (χ1n) is 6.05. The molecule has 1 saturated carbocycles. The van der Waals surface area contributed by atoms with Crippen LogP contribution in [0.1, 0.15) is 24.2 Å². The normalized spacial score (nSPS) is 15.0. The Morgan fingerprint density at radius 3 is 2.82 bits per heavy atom. The third-order valence-corrected chi connectivity index (χ3v) is 2.89. The Labute approximate surface area is 102 Å². The highest BCUT2D eigenvalue weighted by molar-refractivity contribution is 5.36. The molecule has 2 rings (SSSR count). The molecular formula is C12H20N4O. The molecule has 1 fully saturated rings. The van der Waals surface area contributed by atoms with Crippen LogP contribution in [0.5, 0.6) is 0 Å². The van der Waals surface area contributed by atoms with Crippen LogP contribution in [0.25, 0.3) is 0 Å². The minimum absolute atomic E-state index is 0.457. The summed E-state index contributed by atoms with van der Waals surface area (Å²) in [7, 11) is 1.72. The van der Waals surface area contributed by atoms with Gasteiger partial charge in [0.1, 0.15) is 0 Å². The zero-order chi connectivity index (χ0) is 12.3. The van der Waals surface area contributed by atoms with E-state index in [1.807, 2.05) is 13.0 Å². The second-order valence-electron chi connectivity index (χ2n) is 4.42. The van der Waals surface area contributed by atoms with Gasteiger partial charge in [-0.1, -0.05) is 0 Å². The molecule has 0 atom stereocenters. The maximum atomic E-state index is 5.65. The summed E-state index contributed by atoms with van der Waals surface area (Å²) in [5, 5.41) is 0. The van der Waals surface area contributed by atoms with Crippen LogP contribution in [0.2, 0.25) is 0 Å². The Kier molecular flexibility index (Phi) is 3.91. The number of anilines is 1. The van der Waals surface area contributed by atoms with Gasteiger partial charge in [0.05, 0.1) is 12.3 Å². The molecule has 1 aliphatic carbocycles. The van der Waals surface area contributed by atoms with E-state index in [9.17, 15) is 0 Å². The topological polar surface area (TPSA) is 64.3 Å². The smallest absolute Gasteiger partial charge is 0.226 e. The summed E-state index contributed by atoms with van der Waals surface area (Å²) in [5.41, 5.74) is 7.52. The number of ether oxygens (including phenoxy) is 1. The van der Waals surface area contributed by atoms with Crippen molar-refractivity contribution in [3.63, 3.8) is 0 Å². The van der Waals surface area contributed by atoms with E-state index in [0.29, 0.717) is 19.2 Å². The molecule has 0 bridgehead atoms. The molecule has 5 heteroatoms. The first-order chi connectivity index (χ1) is 8.24. The summed E-state index contributed by atoms with van der Waals surface area (Å²) >= 11 is 0. The minimum atomic E-state index is 0.457. The van der Waals surface area contributed by atoms with Gasteiger partial charge in [0.15, 0.2) is 0 Å². The molecule has 5 nitrogen and oxygen atoms in total. The third kappa shape index (κ3) is 3.14. The number of aryl methyl sites for hydroxylation is 1. The zero-order valence-corrected chi connectivity index (χ0v) is 10.5. The van der Waals surface area contributed by atoms with Gasteiger partial charge in [-0.25, -0.2) is 9.97 Å². The van der Waals surface area contributed by atoms with Crippen LogP contribution >= 0.6 is 0 Å². The second-order valence-corrected chi connectivity index (χ2v) is 4.42. The molecular weight excluding hydrogens is 216 g/mol. The number of nitrogens with zero attached hydrogens (tertiary/aromatic N) is 3. The van der Waals surface area contributed by atoms with Crippen LogP contribution in [0, 0.1) is 6.92 Å².